The predicted octanol–water partition coefficient (Wildman–Crippen LogP) is 3.59. The number of fused-ring (bicyclic) bond motifs is 1. The lowest BCUT2D eigenvalue weighted by molar-refractivity contribution is -0.139. The molecule has 38 heavy (non-hydrogen) atoms. The molecule has 8 nitrogen and oxygen atoms in total. The molecule has 2 heterocycles. The van der Waals surface area contributed by atoms with E-state index < -0.39 is 0 Å². The molecule has 0 radical (unpaired) electrons. The van der Waals surface area contributed by atoms with Crippen LogP contribution in [0.2, 0.25) is 0 Å². The lowest BCUT2D eigenvalue weighted by Crippen LogP contribution is -2.58. The lowest BCUT2D eigenvalue weighted by Gasteiger charge is -2.44. The summed E-state index contributed by atoms with van der Waals surface area (Å²) in [7, 11) is 0. The number of benzene rings is 3. The number of hydrogen-bond acceptors (Lipinski definition) is 6. The Labute approximate surface area is 221 Å². The number of nitrogens with zero attached hydrogens (tertiary/aromatic N) is 5. The molecule has 0 spiro atoms. The number of ether oxygens (including phenoxy) is 1. The molecule has 5 rings (SSSR count). The SMILES string of the molecule is C[C@@H]1CN(Cc2ccc(F)cc2)[C@@H](C)CN1C(=O)COc1ccc(CCO)cc1-n1nc2ccccc2n1. The molecule has 0 saturated carbocycles. The number of piperazine rings is 1. The second-order valence-corrected chi connectivity index (χ2v) is 9.84. The van der Waals surface area contributed by atoms with Crippen LogP contribution in [0.1, 0.15) is 25.0 Å². The first-order valence-electron chi connectivity index (χ1n) is 12.9. The average molecular weight is 518 g/mol. The summed E-state index contributed by atoms with van der Waals surface area (Å²) in [5.74, 6) is 0.166. The highest BCUT2D eigenvalue weighted by Gasteiger charge is 2.32. The molecule has 0 unspecified atom stereocenters. The third-order valence-corrected chi connectivity index (χ3v) is 7.01. The van der Waals surface area contributed by atoms with Gasteiger partial charge in [0.15, 0.2) is 6.61 Å². The van der Waals surface area contributed by atoms with Gasteiger partial charge in [0.05, 0.1) is 0 Å². The van der Waals surface area contributed by atoms with Crippen molar-refractivity contribution < 1.29 is 19.0 Å². The summed E-state index contributed by atoms with van der Waals surface area (Å²) in [5.41, 5.74) is 4.09. The smallest absolute Gasteiger partial charge is 0.260 e. The minimum atomic E-state index is -0.242. The highest BCUT2D eigenvalue weighted by molar-refractivity contribution is 5.78. The number of carbonyl (C=O) groups is 1. The van der Waals surface area contributed by atoms with Gasteiger partial charge in [-0.15, -0.1) is 15.0 Å². The first-order valence-corrected chi connectivity index (χ1v) is 12.9. The third kappa shape index (κ3) is 5.69. The van der Waals surface area contributed by atoms with Gasteiger partial charge in [0.1, 0.15) is 28.3 Å². The van der Waals surface area contributed by atoms with Crippen molar-refractivity contribution in [2.75, 3.05) is 26.3 Å². The largest absolute Gasteiger partial charge is 0.481 e. The van der Waals surface area contributed by atoms with Crippen LogP contribution in [0.4, 0.5) is 4.39 Å². The van der Waals surface area contributed by atoms with E-state index in [9.17, 15) is 14.3 Å². The summed E-state index contributed by atoms with van der Waals surface area (Å²) in [4.78, 5) is 19.0. The zero-order chi connectivity index (χ0) is 26.6. The van der Waals surface area contributed by atoms with Crippen molar-refractivity contribution in [3.63, 3.8) is 0 Å². The van der Waals surface area contributed by atoms with Crippen molar-refractivity contribution >= 4 is 16.9 Å². The Hall–Kier alpha value is -3.82. The van der Waals surface area contributed by atoms with Crippen molar-refractivity contribution in [3.05, 3.63) is 83.7 Å². The molecule has 1 aliphatic heterocycles. The van der Waals surface area contributed by atoms with Crippen molar-refractivity contribution in [3.8, 4) is 11.4 Å². The van der Waals surface area contributed by atoms with Crippen LogP contribution in [0.25, 0.3) is 16.7 Å². The van der Waals surface area contributed by atoms with Gasteiger partial charge in [0.25, 0.3) is 5.91 Å². The molecular formula is C29H32FN5O3. The standard InChI is InChI=1S/C29H32FN5O3/c1-20-17-34(21(2)16-33(20)18-23-7-10-24(30)11-8-23)29(37)19-38-28-12-9-22(13-14-36)15-27(28)35-31-25-5-3-4-6-26(25)32-35/h3-12,15,20-21,36H,13-14,16-19H2,1-2H3/t20-,21+/m0/s1. The predicted molar refractivity (Wildman–Crippen MR) is 143 cm³/mol. The van der Waals surface area contributed by atoms with Crippen molar-refractivity contribution in [1.82, 2.24) is 24.8 Å². The van der Waals surface area contributed by atoms with Gasteiger partial charge in [-0.05, 0) is 67.8 Å². The van der Waals surface area contributed by atoms with Crippen molar-refractivity contribution in [2.45, 2.75) is 38.9 Å². The Balaban J connectivity index is 1.28. The third-order valence-electron chi connectivity index (χ3n) is 7.01. The Bertz CT molecular complexity index is 1370. The first kappa shape index (κ1) is 25.8. The van der Waals surface area contributed by atoms with E-state index >= 15 is 0 Å². The van der Waals surface area contributed by atoms with Gasteiger partial charge < -0.3 is 14.7 Å². The highest BCUT2D eigenvalue weighted by Crippen LogP contribution is 2.26. The van der Waals surface area contributed by atoms with Gasteiger partial charge in [-0.2, -0.15) is 0 Å². The number of amides is 1. The second kappa shape index (κ2) is 11.3. The van der Waals surface area contributed by atoms with Gasteiger partial charge in [-0.1, -0.05) is 30.3 Å². The van der Waals surface area contributed by atoms with Crippen LogP contribution in [0, 0.1) is 5.82 Å². The molecule has 3 aromatic carbocycles. The molecule has 198 valence electrons. The van der Waals surface area contributed by atoms with Gasteiger partial charge in [0.2, 0.25) is 0 Å². The fourth-order valence-electron chi connectivity index (χ4n) is 4.91. The van der Waals surface area contributed by atoms with E-state index in [0.29, 0.717) is 30.9 Å². The van der Waals surface area contributed by atoms with Crippen LogP contribution in [0.15, 0.2) is 66.7 Å². The Morgan fingerprint density at radius 1 is 0.974 bits per heavy atom. The number of hydrogen-bond donors (Lipinski definition) is 1. The molecule has 1 fully saturated rings. The van der Waals surface area contributed by atoms with Gasteiger partial charge in [-0.3, -0.25) is 9.69 Å². The molecular weight excluding hydrogens is 485 g/mol. The van der Waals surface area contributed by atoms with Gasteiger partial charge in [0, 0.05) is 38.3 Å². The average Bonchev–Trinajstić information content (AvgIpc) is 3.35. The fourth-order valence-corrected chi connectivity index (χ4v) is 4.91. The molecule has 1 amide bonds. The second-order valence-electron chi connectivity index (χ2n) is 9.84. The summed E-state index contributed by atoms with van der Waals surface area (Å²) in [5, 5.41) is 18.6. The number of aliphatic hydroxyl groups is 1. The number of aromatic nitrogens is 3. The molecule has 4 aromatic rings. The quantitative estimate of drug-likeness (QED) is 0.385. The molecule has 1 aromatic heterocycles. The zero-order valence-corrected chi connectivity index (χ0v) is 21.6. The van der Waals surface area contributed by atoms with Crippen molar-refractivity contribution in [1.29, 1.82) is 0 Å². The van der Waals surface area contributed by atoms with Crippen LogP contribution in [-0.4, -0.2) is 74.2 Å². The van der Waals surface area contributed by atoms with Crippen LogP contribution in [-0.2, 0) is 17.8 Å². The molecule has 1 saturated heterocycles. The topological polar surface area (TPSA) is 83.7 Å². The van der Waals surface area contributed by atoms with E-state index in [-0.39, 0.29) is 37.0 Å². The van der Waals surface area contributed by atoms with E-state index in [0.717, 1.165) is 28.7 Å². The normalized spacial score (nSPS) is 18.2. The fraction of sp³-hybridized carbons (Fsp3) is 0.345. The summed E-state index contributed by atoms with van der Waals surface area (Å²) in [6.45, 7) is 6.06. The summed E-state index contributed by atoms with van der Waals surface area (Å²) < 4.78 is 19.3. The molecule has 0 bridgehead atoms. The van der Waals surface area contributed by atoms with E-state index in [4.69, 9.17) is 4.74 Å². The zero-order valence-electron chi connectivity index (χ0n) is 21.6. The maximum Gasteiger partial charge on any atom is 0.260 e. The van der Waals surface area contributed by atoms with Gasteiger partial charge in [-0.25, -0.2) is 4.39 Å². The van der Waals surface area contributed by atoms with Crippen LogP contribution in [0.5, 0.6) is 5.75 Å². The lowest BCUT2D eigenvalue weighted by atomic mass is 10.1. The van der Waals surface area contributed by atoms with E-state index in [2.05, 4.69) is 22.0 Å². The van der Waals surface area contributed by atoms with E-state index in [1.165, 1.54) is 16.9 Å². The number of carbonyl (C=O) groups excluding carboxylic acids is 1. The Morgan fingerprint density at radius 3 is 2.34 bits per heavy atom. The first-order chi connectivity index (χ1) is 18.4. The Kier molecular flexibility index (Phi) is 7.67. The number of halogens is 1. The molecule has 1 N–H and O–H groups in total. The van der Waals surface area contributed by atoms with Gasteiger partial charge >= 0.3 is 0 Å². The van der Waals surface area contributed by atoms with Crippen LogP contribution in [0.3, 0.4) is 0 Å². The van der Waals surface area contributed by atoms with Crippen LogP contribution < -0.4 is 4.74 Å². The van der Waals surface area contributed by atoms with E-state index in [1.807, 2.05) is 48.2 Å². The minimum Gasteiger partial charge on any atom is -0.481 e. The van der Waals surface area contributed by atoms with Crippen molar-refractivity contribution in [2.24, 2.45) is 0 Å². The highest BCUT2D eigenvalue weighted by atomic mass is 19.1. The summed E-state index contributed by atoms with van der Waals surface area (Å²) >= 11 is 0. The monoisotopic (exact) mass is 517 g/mol. The maximum atomic E-state index is 13.3. The van der Waals surface area contributed by atoms with Crippen LogP contribution >= 0.6 is 0 Å². The summed E-state index contributed by atoms with van der Waals surface area (Å²) in [6.07, 6.45) is 0.491. The number of rotatable bonds is 8. The summed E-state index contributed by atoms with van der Waals surface area (Å²) in [6, 6.07) is 19.9. The molecule has 0 aliphatic carbocycles. The molecule has 2 atom stereocenters. The molecule has 1 aliphatic rings. The number of aliphatic hydroxyl groups excluding tert-OH is 1. The minimum absolute atomic E-state index is 0.00669. The van der Waals surface area contributed by atoms with E-state index in [1.54, 1.807) is 18.2 Å². The Morgan fingerprint density at radius 2 is 1.66 bits per heavy atom. The molecule has 9 heteroatoms. The maximum absolute atomic E-state index is 13.3.